The third kappa shape index (κ3) is 2.82. The number of ether oxygens (including phenoxy) is 3. The summed E-state index contributed by atoms with van der Waals surface area (Å²) in [6, 6.07) is 3.97. The lowest BCUT2D eigenvalue weighted by Crippen LogP contribution is -2.48. The molecule has 0 bridgehead atoms. The number of hydrogen-bond acceptors (Lipinski definition) is 4. The van der Waals surface area contributed by atoms with Crippen molar-refractivity contribution in [1.82, 2.24) is 0 Å². The molecule has 3 rings (SSSR count). The Labute approximate surface area is 150 Å². The summed E-state index contributed by atoms with van der Waals surface area (Å²) in [5.74, 6) is 2.21. The van der Waals surface area contributed by atoms with Crippen LogP contribution in [0.25, 0.3) is 0 Å². The van der Waals surface area contributed by atoms with Crippen molar-refractivity contribution in [3.63, 3.8) is 0 Å². The average molecular weight is 344 g/mol. The van der Waals surface area contributed by atoms with E-state index < -0.39 is 0 Å². The molecule has 1 aromatic carbocycles. The first kappa shape index (κ1) is 17.8. The predicted octanol–water partition coefficient (Wildman–Crippen LogP) is 4.05. The summed E-state index contributed by atoms with van der Waals surface area (Å²) in [5, 5.41) is 0. The first-order valence-electron chi connectivity index (χ1n) is 8.89. The van der Waals surface area contributed by atoms with Gasteiger partial charge in [0.15, 0.2) is 0 Å². The van der Waals surface area contributed by atoms with Crippen LogP contribution in [-0.4, -0.2) is 26.3 Å². The van der Waals surface area contributed by atoms with Gasteiger partial charge in [-0.2, -0.15) is 0 Å². The van der Waals surface area contributed by atoms with Crippen molar-refractivity contribution < 1.29 is 19.0 Å². The molecule has 0 fully saturated rings. The van der Waals surface area contributed by atoms with Crippen LogP contribution in [0.1, 0.15) is 45.2 Å². The Kier molecular flexibility index (Phi) is 4.56. The number of hydrogen-bond donors (Lipinski definition) is 0. The molecule has 0 N–H and O–H groups in total. The first-order valence-corrected chi connectivity index (χ1v) is 8.89. The molecular formula is C21H28O4. The highest BCUT2D eigenvalue weighted by molar-refractivity contribution is 5.66. The van der Waals surface area contributed by atoms with Crippen molar-refractivity contribution in [2.24, 2.45) is 11.8 Å². The molecule has 0 aliphatic heterocycles. The van der Waals surface area contributed by atoms with Gasteiger partial charge in [-0.1, -0.05) is 19.9 Å². The zero-order chi connectivity index (χ0) is 18.4. The van der Waals surface area contributed by atoms with Crippen molar-refractivity contribution >= 4 is 5.97 Å². The largest absolute Gasteiger partial charge is 0.496 e. The Balaban J connectivity index is 2.15. The molecule has 0 spiro atoms. The zero-order valence-corrected chi connectivity index (χ0v) is 16.0. The van der Waals surface area contributed by atoms with Crippen LogP contribution in [0.3, 0.4) is 0 Å². The normalized spacial score (nSPS) is 26.8. The second-order valence-corrected chi connectivity index (χ2v) is 7.73. The Morgan fingerprint density at radius 2 is 1.80 bits per heavy atom. The first-order chi connectivity index (χ1) is 11.8. The van der Waals surface area contributed by atoms with E-state index in [2.05, 4.69) is 26.8 Å². The highest BCUT2D eigenvalue weighted by Gasteiger charge is 2.49. The highest BCUT2D eigenvalue weighted by Crippen LogP contribution is 2.54. The van der Waals surface area contributed by atoms with E-state index in [1.807, 2.05) is 12.1 Å². The summed E-state index contributed by atoms with van der Waals surface area (Å²) in [5.41, 5.74) is 3.45. The second-order valence-electron chi connectivity index (χ2n) is 7.73. The summed E-state index contributed by atoms with van der Waals surface area (Å²) < 4.78 is 17.1. The minimum Gasteiger partial charge on any atom is -0.496 e. The number of fused-ring (bicyclic) bond motifs is 2. The van der Waals surface area contributed by atoms with E-state index in [0.29, 0.717) is 5.92 Å². The molecule has 0 aromatic heterocycles. The third-order valence-electron chi connectivity index (χ3n) is 6.02. The van der Waals surface area contributed by atoms with Crippen molar-refractivity contribution in [2.45, 2.75) is 52.1 Å². The standard InChI is InChI=1S/C21H28O4/c1-12-7-8-16-14(20(12)25-13(2)22)11-15-17(23-5)9-10-18(24-6)19(15)21(16,3)4/h7,9-10,14,16,20H,8,11H2,1-6H3/t14?,16-,20?/m1/s1. The second kappa shape index (κ2) is 6.40. The van der Waals surface area contributed by atoms with Gasteiger partial charge in [0.05, 0.1) is 14.2 Å². The topological polar surface area (TPSA) is 44.8 Å². The average Bonchev–Trinajstić information content (AvgIpc) is 2.56. The van der Waals surface area contributed by atoms with E-state index in [9.17, 15) is 4.79 Å². The van der Waals surface area contributed by atoms with E-state index in [0.717, 1.165) is 29.9 Å². The number of allylic oxidation sites excluding steroid dienone is 1. The van der Waals surface area contributed by atoms with E-state index in [-0.39, 0.29) is 23.4 Å². The van der Waals surface area contributed by atoms with Gasteiger partial charge in [0, 0.05) is 24.0 Å². The minimum absolute atomic E-state index is 0.103. The van der Waals surface area contributed by atoms with E-state index >= 15 is 0 Å². The zero-order valence-electron chi connectivity index (χ0n) is 16.0. The van der Waals surface area contributed by atoms with Crippen LogP contribution >= 0.6 is 0 Å². The van der Waals surface area contributed by atoms with Gasteiger partial charge in [0.25, 0.3) is 0 Å². The van der Waals surface area contributed by atoms with Crippen LogP contribution < -0.4 is 9.47 Å². The fraction of sp³-hybridized carbons (Fsp3) is 0.571. The lowest BCUT2D eigenvalue weighted by molar-refractivity contribution is -0.149. The Bertz CT molecular complexity index is 717. The number of carbonyl (C=O) groups is 1. The molecule has 0 saturated carbocycles. The summed E-state index contributed by atoms with van der Waals surface area (Å²) in [6.07, 6.45) is 3.88. The van der Waals surface area contributed by atoms with Crippen molar-refractivity contribution in [2.75, 3.05) is 14.2 Å². The molecule has 2 aliphatic carbocycles. The van der Waals surface area contributed by atoms with Gasteiger partial charge < -0.3 is 14.2 Å². The van der Waals surface area contributed by atoms with Gasteiger partial charge >= 0.3 is 5.97 Å². The molecule has 1 aromatic rings. The lowest BCUT2D eigenvalue weighted by atomic mass is 9.56. The molecule has 136 valence electrons. The molecule has 4 heteroatoms. The molecule has 2 aliphatic rings. The monoisotopic (exact) mass is 344 g/mol. The Morgan fingerprint density at radius 1 is 1.16 bits per heavy atom. The van der Waals surface area contributed by atoms with Crippen LogP contribution in [0, 0.1) is 11.8 Å². The van der Waals surface area contributed by atoms with E-state index in [4.69, 9.17) is 14.2 Å². The molecule has 0 heterocycles. The van der Waals surface area contributed by atoms with Gasteiger partial charge in [0.1, 0.15) is 17.6 Å². The molecule has 4 nitrogen and oxygen atoms in total. The van der Waals surface area contributed by atoms with Gasteiger partial charge in [-0.05, 0) is 48.8 Å². The maximum atomic E-state index is 11.7. The lowest BCUT2D eigenvalue weighted by Gasteiger charge is -2.50. The highest BCUT2D eigenvalue weighted by atomic mass is 16.5. The van der Waals surface area contributed by atoms with E-state index in [1.54, 1.807) is 14.2 Å². The number of rotatable bonds is 3. The summed E-state index contributed by atoms with van der Waals surface area (Å²) in [4.78, 5) is 11.7. The molecule has 2 unspecified atom stereocenters. The van der Waals surface area contributed by atoms with Crippen LogP contribution in [0.4, 0.5) is 0 Å². The van der Waals surface area contributed by atoms with Crippen LogP contribution in [0.15, 0.2) is 23.8 Å². The van der Waals surface area contributed by atoms with E-state index in [1.165, 1.54) is 18.1 Å². The molecule has 3 atom stereocenters. The quantitative estimate of drug-likeness (QED) is 0.613. The van der Waals surface area contributed by atoms with Crippen LogP contribution in [0.5, 0.6) is 11.5 Å². The molecular weight excluding hydrogens is 316 g/mol. The van der Waals surface area contributed by atoms with Crippen LogP contribution in [-0.2, 0) is 21.4 Å². The Morgan fingerprint density at radius 3 is 2.40 bits per heavy atom. The van der Waals surface area contributed by atoms with Crippen molar-refractivity contribution in [1.29, 1.82) is 0 Å². The third-order valence-corrected chi connectivity index (χ3v) is 6.02. The van der Waals surface area contributed by atoms with Gasteiger partial charge in [-0.15, -0.1) is 0 Å². The molecule has 0 saturated heterocycles. The maximum Gasteiger partial charge on any atom is 0.303 e. The molecule has 0 radical (unpaired) electrons. The predicted molar refractivity (Wildman–Crippen MR) is 97.2 cm³/mol. The summed E-state index contributed by atoms with van der Waals surface area (Å²) in [7, 11) is 3.42. The minimum atomic E-state index is -0.223. The fourth-order valence-electron chi connectivity index (χ4n) is 4.89. The summed E-state index contributed by atoms with van der Waals surface area (Å²) in [6.45, 7) is 8.09. The van der Waals surface area contributed by atoms with Crippen molar-refractivity contribution in [3.8, 4) is 11.5 Å². The Hall–Kier alpha value is -1.97. The smallest absolute Gasteiger partial charge is 0.303 e. The van der Waals surface area contributed by atoms with Crippen LogP contribution in [0.2, 0.25) is 0 Å². The maximum absolute atomic E-state index is 11.7. The number of benzene rings is 1. The number of methoxy groups -OCH3 is 2. The van der Waals surface area contributed by atoms with Gasteiger partial charge in [0.2, 0.25) is 0 Å². The number of carbonyl (C=O) groups excluding carboxylic acids is 1. The van der Waals surface area contributed by atoms with Gasteiger partial charge in [-0.25, -0.2) is 0 Å². The SMILES string of the molecule is COc1ccc(OC)c2c1CC1C(OC(C)=O)C(C)=CC[C@H]1C2(C)C. The van der Waals surface area contributed by atoms with Gasteiger partial charge in [-0.3, -0.25) is 4.79 Å². The molecule has 0 amide bonds. The van der Waals surface area contributed by atoms with Crippen molar-refractivity contribution in [3.05, 3.63) is 34.9 Å². The fourth-order valence-corrected chi connectivity index (χ4v) is 4.89. The number of esters is 1. The molecule has 25 heavy (non-hydrogen) atoms. The summed E-state index contributed by atoms with van der Waals surface area (Å²) >= 11 is 0.